The maximum absolute atomic E-state index is 10.9. The number of rotatable bonds is 4. The SMILES string of the molecule is CC(=O)Nc1ccc(-c2cc([C@@H]3C[C@H]3C(=O)O)cs2)cn1. The van der Waals surface area contributed by atoms with Crippen molar-refractivity contribution in [3.05, 3.63) is 35.3 Å². The van der Waals surface area contributed by atoms with Gasteiger partial charge < -0.3 is 10.4 Å². The number of aliphatic carboxylic acids is 1. The predicted molar refractivity (Wildman–Crippen MR) is 80.3 cm³/mol. The van der Waals surface area contributed by atoms with Crippen LogP contribution in [0.5, 0.6) is 0 Å². The van der Waals surface area contributed by atoms with Crippen molar-refractivity contribution in [1.82, 2.24) is 4.98 Å². The van der Waals surface area contributed by atoms with Gasteiger partial charge in [0.1, 0.15) is 5.82 Å². The molecule has 21 heavy (non-hydrogen) atoms. The van der Waals surface area contributed by atoms with E-state index in [2.05, 4.69) is 10.3 Å². The third-order valence-electron chi connectivity index (χ3n) is 3.51. The Hall–Kier alpha value is -2.21. The molecule has 3 rings (SSSR count). The van der Waals surface area contributed by atoms with Crippen LogP contribution >= 0.6 is 11.3 Å². The Morgan fingerprint density at radius 2 is 2.24 bits per heavy atom. The zero-order valence-corrected chi connectivity index (χ0v) is 12.2. The minimum atomic E-state index is -0.714. The summed E-state index contributed by atoms with van der Waals surface area (Å²) >= 11 is 1.58. The van der Waals surface area contributed by atoms with Gasteiger partial charge in [-0.3, -0.25) is 9.59 Å². The highest BCUT2D eigenvalue weighted by Crippen LogP contribution is 2.49. The first-order valence-electron chi connectivity index (χ1n) is 6.60. The second kappa shape index (κ2) is 5.29. The van der Waals surface area contributed by atoms with E-state index in [4.69, 9.17) is 5.11 Å². The topological polar surface area (TPSA) is 79.3 Å². The maximum atomic E-state index is 10.9. The second-order valence-corrected chi connectivity index (χ2v) is 6.06. The average Bonchev–Trinajstić information content (AvgIpc) is 3.10. The smallest absolute Gasteiger partial charge is 0.307 e. The van der Waals surface area contributed by atoms with Gasteiger partial charge in [0.15, 0.2) is 0 Å². The van der Waals surface area contributed by atoms with Crippen LogP contribution in [0.2, 0.25) is 0 Å². The Morgan fingerprint density at radius 3 is 2.81 bits per heavy atom. The van der Waals surface area contributed by atoms with E-state index in [-0.39, 0.29) is 17.7 Å². The number of carboxylic acids is 1. The highest BCUT2D eigenvalue weighted by molar-refractivity contribution is 7.13. The molecule has 0 spiro atoms. The third kappa shape index (κ3) is 2.95. The van der Waals surface area contributed by atoms with E-state index in [9.17, 15) is 9.59 Å². The molecule has 1 aliphatic carbocycles. The molecule has 1 fully saturated rings. The molecule has 1 aliphatic rings. The molecule has 0 bridgehead atoms. The van der Waals surface area contributed by atoms with Gasteiger partial charge in [-0.1, -0.05) is 0 Å². The highest BCUT2D eigenvalue weighted by Gasteiger charge is 2.44. The van der Waals surface area contributed by atoms with E-state index in [0.717, 1.165) is 22.4 Å². The van der Waals surface area contributed by atoms with E-state index >= 15 is 0 Å². The normalized spacial score (nSPS) is 20.0. The number of carbonyl (C=O) groups excluding carboxylic acids is 1. The predicted octanol–water partition coefficient (Wildman–Crippen LogP) is 2.96. The molecule has 0 aliphatic heterocycles. The number of hydrogen-bond acceptors (Lipinski definition) is 4. The van der Waals surface area contributed by atoms with Crippen molar-refractivity contribution in [2.24, 2.45) is 5.92 Å². The quantitative estimate of drug-likeness (QED) is 0.910. The number of carbonyl (C=O) groups is 2. The number of nitrogens with zero attached hydrogens (tertiary/aromatic N) is 1. The lowest BCUT2D eigenvalue weighted by atomic mass is 10.1. The van der Waals surface area contributed by atoms with Crippen LogP contribution in [-0.2, 0) is 9.59 Å². The summed E-state index contributed by atoms with van der Waals surface area (Å²) in [7, 11) is 0. The lowest BCUT2D eigenvalue weighted by molar-refractivity contribution is -0.138. The van der Waals surface area contributed by atoms with Crippen LogP contribution in [0.3, 0.4) is 0 Å². The molecule has 0 radical (unpaired) electrons. The van der Waals surface area contributed by atoms with Gasteiger partial charge in [0.2, 0.25) is 5.91 Å². The van der Waals surface area contributed by atoms with E-state index in [1.54, 1.807) is 23.6 Å². The standard InChI is InChI=1S/C15H14N2O3S/c1-8(18)17-14-3-2-9(6-16-14)13-4-10(7-21-13)11-5-12(11)15(19)20/h2-4,6-7,11-12H,5H2,1H3,(H,19,20)(H,16,17,18)/t11-,12+/m0/s1. The summed E-state index contributed by atoms with van der Waals surface area (Å²) in [4.78, 5) is 27.1. The minimum Gasteiger partial charge on any atom is -0.481 e. The van der Waals surface area contributed by atoms with Crippen LogP contribution in [0.4, 0.5) is 5.82 Å². The lowest BCUT2D eigenvalue weighted by Crippen LogP contribution is -2.06. The van der Waals surface area contributed by atoms with Crippen LogP contribution in [0.25, 0.3) is 10.4 Å². The number of pyridine rings is 1. The Morgan fingerprint density at radius 1 is 1.43 bits per heavy atom. The van der Waals surface area contributed by atoms with E-state index < -0.39 is 5.97 Å². The maximum Gasteiger partial charge on any atom is 0.307 e. The minimum absolute atomic E-state index is 0.151. The molecule has 2 aromatic heterocycles. The monoisotopic (exact) mass is 302 g/mol. The summed E-state index contributed by atoms with van der Waals surface area (Å²) in [5.74, 6) is -0.417. The summed E-state index contributed by atoms with van der Waals surface area (Å²) in [5, 5.41) is 13.6. The molecule has 1 amide bonds. The van der Waals surface area contributed by atoms with Crippen LogP contribution in [0.15, 0.2) is 29.8 Å². The Balaban J connectivity index is 1.74. The highest BCUT2D eigenvalue weighted by atomic mass is 32.1. The first-order chi connectivity index (χ1) is 10.0. The molecule has 0 saturated heterocycles. The largest absolute Gasteiger partial charge is 0.481 e. The first kappa shape index (κ1) is 13.8. The Labute approximate surface area is 125 Å². The fourth-order valence-electron chi connectivity index (χ4n) is 2.33. The van der Waals surface area contributed by atoms with Crippen molar-refractivity contribution in [2.75, 3.05) is 5.32 Å². The number of amides is 1. The first-order valence-corrected chi connectivity index (χ1v) is 7.48. The van der Waals surface area contributed by atoms with Gasteiger partial charge in [-0.2, -0.15) is 0 Å². The molecule has 1 saturated carbocycles. The zero-order valence-electron chi connectivity index (χ0n) is 11.4. The van der Waals surface area contributed by atoms with Gasteiger partial charge >= 0.3 is 5.97 Å². The molecule has 6 heteroatoms. The van der Waals surface area contributed by atoms with Crippen molar-refractivity contribution in [2.45, 2.75) is 19.3 Å². The average molecular weight is 302 g/mol. The molecule has 108 valence electrons. The molecular formula is C15H14N2O3S. The van der Waals surface area contributed by atoms with Crippen molar-refractivity contribution >= 4 is 29.0 Å². The van der Waals surface area contributed by atoms with Gasteiger partial charge in [-0.15, -0.1) is 11.3 Å². The van der Waals surface area contributed by atoms with Crippen LogP contribution in [-0.4, -0.2) is 22.0 Å². The van der Waals surface area contributed by atoms with Gasteiger partial charge in [0, 0.05) is 23.6 Å². The summed E-state index contributed by atoms with van der Waals surface area (Å²) in [6.07, 6.45) is 2.44. The van der Waals surface area contributed by atoms with E-state index in [1.807, 2.05) is 17.5 Å². The fourth-order valence-corrected chi connectivity index (χ4v) is 3.29. The summed E-state index contributed by atoms with van der Waals surface area (Å²) in [6, 6.07) is 5.69. The molecule has 2 heterocycles. The van der Waals surface area contributed by atoms with Crippen LogP contribution in [0, 0.1) is 5.92 Å². The number of carboxylic acid groups (broad SMARTS) is 1. The van der Waals surface area contributed by atoms with Crippen molar-refractivity contribution in [3.8, 4) is 10.4 Å². The van der Waals surface area contributed by atoms with Crippen molar-refractivity contribution in [3.63, 3.8) is 0 Å². The van der Waals surface area contributed by atoms with Crippen LogP contribution in [0.1, 0.15) is 24.8 Å². The van der Waals surface area contributed by atoms with E-state index in [1.165, 1.54) is 6.92 Å². The fraction of sp³-hybridized carbons (Fsp3) is 0.267. The van der Waals surface area contributed by atoms with Crippen LogP contribution < -0.4 is 5.32 Å². The lowest BCUT2D eigenvalue weighted by Gasteiger charge is -2.01. The van der Waals surface area contributed by atoms with Gasteiger partial charge in [-0.25, -0.2) is 4.98 Å². The number of thiophene rings is 1. The zero-order chi connectivity index (χ0) is 15.0. The van der Waals surface area contributed by atoms with Crippen molar-refractivity contribution < 1.29 is 14.7 Å². The van der Waals surface area contributed by atoms with E-state index in [0.29, 0.717) is 5.82 Å². The molecule has 2 atom stereocenters. The molecule has 2 aromatic rings. The number of nitrogens with one attached hydrogen (secondary N) is 1. The number of anilines is 1. The Kier molecular flexibility index (Phi) is 3.47. The van der Waals surface area contributed by atoms with Gasteiger partial charge in [0.05, 0.1) is 5.92 Å². The second-order valence-electron chi connectivity index (χ2n) is 5.14. The van der Waals surface area contributed by atoms with Crippen molar-refractivity contribution in [1.29, 1.82) is 0 Å². The summed E-state index contributed by atoms with van der Waals surface area (Å²) in [6.45, 7) is 1.44. The molecule has 5 nitrogen and oxygen atoms in total. The molecule has 0 aromatic carbocycles. The number of aromatic nitrogens is 1. The third-order valence-corrected chi connectivity index (χ3v) is 4.51. The molecular weight excluding hydrogens is 288 g/mol. The Bertz CT molecular complexity index is 693. The summed E-state index contributed by atoms with van der Waals surface area (Å²) < 4.78 is 0. The van der Waals surface area contributed by atoms with Gasteiger partial charge in [0.25, 0.3) is 0 Å². The number of hydrogen-bond donors (Lipinski definition) is 2. The molecule has 2 N–H and O–H groups in total. The van der Waals surface area contributed by atoms with Gasteiger partial charge in [-0.05, 0) is 41.5 Å². The summed E-state index contributed by atoms with van der Waals surface area (Å²) in [5.41, 5.74) is 2.06. The molecule has 0 unspecified atom stereocenters.